The van der Waals surface area contributed by atoms with Crippen LogP contribution in [-0.2, 0) is 26.6 Å². The van der Waals surface area contributed by atoms with Gasteiger partial charge in [0.1, 0.15) is 11.6 Å². The SMILES string of the molecule is Cn1c(=O)n(CCc2ccc(F)cc2)c(=O)c2c1nc(N1CCC3CNCC31)n2Cc1ccc(F)cc1. The molecular weight excluding hydrogens is 478 g/mol. The predicted octanol–water partition coefficient (Wildman–Crippen LogP) is 2.26. The van der Waals surface area contributed by atoms with Gasteiger partial charge in [-0.15, -0.1) is 0 Å². The molecule has 6 rings (SSSR count). The van der Waals surface area contributed by atoms with Crippen molar-refractivity contribution in [3.8, 4) is 0 Å². The summed E-state index contributed by atoms with van der Waals surface area (Å²) in [4.78, 5) is 34.2. The van der Waals surface area contributed by atoms with E-state index in [9.17, 15) is 18.4 Å². The number of aromatic nitrogens is 4. The maximum absolute atomic E-state index is 13.8. The number of imidazole rings is 1. The largest absolute Gasteiger partial charge is 0.338 e. The first kappa shape index (κ1) is 23.6. The molecule has 2 saturated heterocycles. The summed E-state index contributed by atoms with van der Waals surface area (Å²) in [6.45, 7) is 3.08. The molecule has 2 aromatic heterocycles. The van der Waals surface area contributed by atoms with Gasteiger partial charge < -0.3 is 10.2 Å². The van der Waals surface area contributed by atoms with Gasteiger partial charge in [-0.1, -0.05) is 24.3 Å². The van der Waals surface area contributed by atoms with Gasteiger partial charge in [-0.2, -0.15) is 4.98 Å². The van der Waals surface area contributed by atoms with Crippen molar-refractivity contribution in [2.75, 3.05) is 24.5 Å². The molecule has 2 atom stereocenters. The van der Waals surface area contributed by atoms with Gasteiger partial charge in [0.2, 0.25) is 5.95 Å². The lowest BCUT2D eigenvalue weighted by Gasteiger charge is -2.25. The Kier molecular flexibility index (Phi) is 5.91. The Balaban J connectivity index is 1.48. The first-order valence-electron chi connectivity index (χ1n) is 12.6. The monoisotopic (exact) mass is 506 g/mol. The predicted molar refractivity (Wildman–Crippen MR) is 137 cm³/mol. The fourth-order valence-corrected chi connectivity index (χ4v) is 5.69. The lowest BCUT2D eigenvalue weighted by molar-refractivity contribution is 0.572. The fraction of sp³-hybridized carbons (Fsp3) is 0.370. The first-order valence-corrected chi connectivity index (χ1v) is 12.6. The average Bonchev–Trinajstić information content (AvgIpc) is 3.60. The van der Waals surface area contributed by atoms with E-state index in [4.69, 9.17) is 4.98 Å². The maximum atomic E-state index is 13.8. The number of halogens is 2. The van der Waals surface area contributed by atoms with Crippen LogP contribution < -0.4 is 21.5 Å². The molecule has 1 N–H and O–H groups in total. The van der Waals surface area contributed by atoms with Crippen LogP contribution in [0.2, 0.25) is 0 Å². The van der Waals surface area contributed by atoms with Gasteiger partial charge in [0.25, 0.3) is 5.56 Å². The van der Waals surface area contributed by atoms with E-state index in [0.717, 1.165) is 37.2 Å². The zero-order valence-corrected chi connectivity index (χ0v) is 20.5. The highest BCUT2D eigenvalue weighted by molar-refractivity contribution is 5.75. The number of nitrogens with one attached hydrogen (secondary N) is 1. The Labute approximate surface area is 211 Å². The minimum absolute atomic E-state index is 0.155. The summed E-state index contributed by atoms with van der Waals surface area (Å²) in [5.74, 6) is 0.496. The number of anilines is 1. The quantitative estimate of drug-likeness (QED) is 0.434. The number of benzene rings is 2. The zero-order chi connectivity index (χ0) is 25.7. The number of hydrogen-bond donors (Lipinski definition) is 1. The minimum atomic E-state index is -0.445. The molecule has 0 spiro atoms. The van der Waals surface area contributed by atoms with Crippen molar-refractivity contribution in [2.45, 2.75) is 32.0 Å². The van der Waals surface area contributed by atoms with E-state index in [1.807, 2.05) is 4.57 Å². The van der Waals surface area contributed by atoms with Crippen LogP contribution in [0.15, 0.2) is 58.1 Å². The van der Waals surface area contributed by atoms with Crippen molar-refractivity contribution in [2.24, 2.45) is 13.0 Å². The van der Waals surface area contributed by atoms with Crippen molar-refractivity contribution in [3.05, 3.63) is 92.1 Å². The van der Waals surface area contributed by atoms with Gasteiger partial charge >= 0.3 is 5.69 Å². The van der Waals surface area contributed by atoms with Gasteiger partial charge in [-0.25, -0.2) is 13.6 Å². The molecule has 37 heavy (non-hydrogen) atoms. The average molecular weight is 507 g/mol. The molecule has 192 valence electrons. The highest BCUT2D eigenvalue weighted by atomic mass is 19.1. The van der Waals surface area contributed by atoms with E-state index in [0.29, 0.717) is 36.0 Å². The third-order valence-corrected chi connectivity index (χ3v) is 7.71. The molecule has 4 aromatic rings. The normalized spacial score (nSPS) is 19.2. The Morgan fingerprint density at radius 3 is 2.32 bits per heavy atom. The van der Waals surface area contributed by atoms with Gasteiger partial charge in [-0.3, -0.25) is 18.5 Å². The van der Waals surface area contributed by atoms with Crippen molar-refractivity contribution in [1.82, 2.24) is 24.0 Å². The summed E-state index contributed by atoms with van der Waals surface area (Å²) in [7, 11) is 1.63. The van der Waals surface area contributed by atoms with Crippen molar-refractivity contribution < 1.29 is 8.78 Å². The number of rotatable bonds is 6. The molecule has 10 heteroatoms. The number of nitrogens with zero attached hydrogens (tertiary/aromatic N) is 5. The standard InChI is InChI=1S/C27H28F2N6O2/c1-32-24-23(25(36)34(27(32)37)12-10-17-2-6-20(28)7-3-17)35(16-18-4-8-21(29)9-5-18)26(31-24)33-13-11-19-14-30-15-22(19)33/h2-9,19,22,30H,10-16H2,1H3. The van der Waals surface area contributed by atoms with Gasteiger partial charge in [0, 0.05) is 39.3 Å². The van der Waals surface area contributed by atoms with Gasteiger partial charge in [0.05, 0.1) is 6.54 Å². The van der Waals surface area contributed by atoms with E-state index in [1.165, 1.54) is 33.4 Å². The lowest BCUT2D eigenvalue weighted by atomic mass is 10.1. The van der Waals surface area contributed by atoms with E-state index in [-0.39, 0.29) is 24.2 Å². The van der Waals surface area contributed by atoms with E-state index in [2.05, 4.69) is 10.2 Å². The van der Waals surface area contributed by atoms with E-state index >= 15 is 0 Å². The second-order valence-electron chi connectivity index (χ2n) is 9.94. The highest BCUT2D eigenvalue weighted by Crippen LogP contribution is 2.33. The molecule has 2 aliphatic heterocycles. The summed E-state index contributed by atoms with van der Waals surface area (Å²) in [5, 5.41) is 3.45. The minimum Gasteiger partial charge on any atom is -0.338 e. The summed E-state index contributed by atoms with van der Waals surface area (Å²) >= 11 is 0. The van der Waals surface area contributed by atoms with Gasteiger partial charge in [-0.05, 0) is 54.2 Å². The second kappa shape index (κ2) is 9.26. The molecular formula is C27H28F2N6O2. The Bertz CT molecular complexity index is 1570. The third kappa shape index (κ3) is 4.15. The molecule has 2 unspecified atom stereocenters. The fourth-order valence-electron chi connectivity index (χ4n) is 5.69. The summed E-state index contributed by atoms with van der Waals surface area (Å²) in [6.07, 6.45) is 1.43. The van der Waals surface area contributed by atoms with Crippen LogP contribution in [-0.4, -0.2) is 44.4 Å². The topological polar surface area (TPSA) is 77.1 Å². The van der Waals surface area contributed by atoms with Crippen LogP contribution in [0.25, 0.3) is 11.2 Å². The third-order valence-electron chi connectivity index (χ3n) is 7.71. The number of aryl methyl sites for hydroxylation is 2. The van der Waals surface area contributed by atoms with Crippen LogP contribution in [0.5, 0.6) is 0 Å². The highest BCUT2D eigenvalue weighted by Gasteiger charge is 2.40. The van der Waals surface area contributed by atoms with E-state index < -0.39 is 11.2 Å². The van der Waals surface area contributed by atoms with Crippen molar-refractivity contribution in [3.63, 3.8) is 0 Å². The molecule has 2 fully saturated rings. The number of hydrogen-bond acceptors (Lipinski definition) is 5. The maximum Gasteiger partial charge on any atom is 0.332 e. The molecule has 8 nitrogen and oxygen atoms in total. The van der Waals surface area contributed by atoms with Crippen LogP contribution in [0.1, 0.15) is 17.5 Å². The van der Waals surface area contributed by atoms with Crippen LogP contribution in [0.3, 0.4) is 0 Å². The number of fused-ring (bicyclic) bond motifs is 2. The molecule has 0 aliphatic carbocycles. The van der Waals surface area contributed by atoms with Crippen molar-refractivity contribution in [1.29, 1.82) is 0 Å². The van der Waals surface area contributed by atoms with Crippen molar-refractivity contribution >= 4 is 17.1 Å². The Morgan fingerprint density at radius 1 is 0.946 bits per heavy atom. The Hall–Kier alpha value is -3.79. The second-order valence-corrected chi connectivity index (χ2v) is 9.94. The molecule has 0 bridgehead atoms. The summed E-state index contributed by atoms with van der Waals surface area (Å²) in [6, 6.07) is 12.5. The lowest BCUT2D eigenvalue weighted by Crippen LogP contribution is -2.40. The first-order chi connectivity index (χ1) is 17.9. The smallest absolute Gasteiger partial charge is 0.332 e. The molecule has 0 radical (unpaired) electrons. The van der Waals surface area contributed by atoms with Crippen LogP contribution in [0, 0.1) is 17.6 Å². The van der Waals surface area contributed by atoms with Gasteiger partial charge in [0.15, 0.2) is 11.2 Å². The molecule has 0 saturated carbocycles. The molecule has 0 amide bonds. The Morgan fingerprint density at radius 2 is 1.62 bits per heavy atom. The molecule has 2 aliphatic rings. The summed E-state index contributed by atoms with van der Waals surface area (Å²) in [5.41, 5.74) is 1.47. The van der Waals surface area contributed by atoms with E-state index in [1.54, 1.807) is 31.3 Å². The van der Waals surface area contributed by atoms with Crippen LogP contribution >= 0.6 is 0 Å². The summed E-state index contributed by atoms with van der Waals surface area (Å²) < 4.78 is 31.4. The zero-order valence-electron chi connectivity index (χ0n) is 20.5. The molecule has 4 heterocycles. The van der Waals surface area contributed by atoms with Crippen LogP contribution in [0.4, 0.5) is 14.7 Å². The molecule has 2 aromatic carbocycles.